The molecule has 1 aliphatic carbocycles. The molecule has 0 N–H and O–H groups in total. The molecule has 1 heterocycles. The Hall–Kier alpha value is -6.02. The molecule has 0 fully saturated rings. The zero-order valence-corrected chi connectivity index (χ0v) is 30.3. The second kappa shape index (κ2) is 12.6. The van der Waals surface area contributed by atoms with E-state index in [0.29, 0.717) is 0 Å². The summed E-state index contributed by atoms with van der Waals surface area (Å²) in [7, 11) is 0. The number of hydrogen-bond donors (Lipinski definition) is 0. The van der Waals surface area contributed by atoms with Crippen molar-refractivity contribution < 1.29 is 0 Å². The van der Waals surface area contributed by atoms with Gasteiger partial charge in [-0.15, -0.1) is 11.3 Å². The van der Waals surface area contributed by atoms with Crippen LogP contribution in [-0.2, 0) is 5.41 Å². The zero-order chi connectivity index (χ0) is 35.4. The van der Waals surface area contributed by atoms with Crippen molar-refractivity contribution in [2.24, 2.45) is 0 Å². The predicted molar refractivity (Wildman–Crippen MR) is 229 cm³/mol. The highest BCUT2D eigenvalue weighted by Gasteiger charge is 2.39. The first kappa shape index (κ1) is 31.9. The molecule has 52 heavy (non-hydrogen) atoms. The average Bonchev–Trinajstić information content (AvgIpc) is 3.67. The number of fused-ring (bicyclic) bond motifs is 11. The molecule has 0 amide bonds. The third-order valence-corrected chi connectivity index (χ3v) is 12.0. The maximum atomic E-state index is 4.25. The monoisotopic (exact) mass is 682 g/mol. The van der Waals surface area contributed by atoms with Gasteiger partial charge in [-0.25, -0.2) is 0 Å². The summed E-state index contributed by atoms with van der Waals surface area (Å²) in [6.07, 6.45) is 5.70. The quantitative estimate of drug-likeness (QED) is 0.159. The van der Waals surface area contributed by atoms with Crippen LogP contribution in [0, 0.1) is 0 Å². The second-order valence-electron chi connectivity index (χ2n) is 14.2. The fraction of sp³-hybridized carbons (Fsp3) is 0.0588. The van der Waals surface area contributed by atoms with E-state index in [1.54, 1.807) is 6.08 Å². The lowest BCUT2D eigenvalue weighted by Gasteiger charge is -2.23. The second-order valence-corrected chi connectivity index (χ2v) is 15.2. The van der Waals surface area contributed by atoms with E-state index in [4.69, 9.17) is 0 Å². The van der Waals surface area contributed by atoms with Crippen LogP contribution in [0.2, 0.25) is 0 Å². The molecule has 0 saturated carbocycles. The Kier molecular flexibility index (Phi) is 7.76. The minimum atomic E-state index is -0.155. The van der Waals surface area contributed by atoms with Crippen molar-refractivity contribution in [3.05, 3.63) is 200 Å². The molecule has 0 radical (unpaired) electrons. The standard InChI is InChI=1S/C51H38S/c1-5-6-17-33(2)34-26-28-35(29-27-34)37-18-9-7-8-10-19-38(40-21-12-11-20-39(37)40)36-30-31-45-44(32-36)47-41-22-13-14-23-42(41)50-48(49(47)51(45,3)4)43-24-15-16-25-46(43)52-50/h5-32H,1-2H2,3-4H3/b8-7?,9-7?,10-8?,17-6-,18-9?,19-10?,37-18?,38-19?,39-37?,40-38?. The number of allylic oxidation sites excluding steroid dienone is 4. The maximum absolute atomic E-state index is 4.25. The van der Waals surface area contributed by atoms with Crippen molar-refractivity contribution in [1.82, 2.24) is 0 Å². The summed E-state index contributed by atoms with van der Waals surface area (Å²) < 4.78 is 2.74. The molecule has 7 aromatic carbocycles. The smallest absolute Gasteiger partial charge is 0.0437 e. The molecule has 1 aliphatic rings. The minimum absolute atomic E-state index is 0.155. The Morgan fingerprint density at radius 3 is 1.85 bits per heavy atom. The summed E-state index contributed by atoms with van der Waals surface area (Å²) in [5.41, 5.74) is 12.2. The van der Waals surface area contributed by atoms with Gasteiger partial charge >= 0.3 is 0 Å². The van der Waals surface area contributed by atoms with E-state index in [2.05, 4.69) is 179 Å². The Balaban J connectivity index is 1.30. The van der Waals surface area contributed by atoms with Crippen LogP contribution >= 0.6 is 11.3 Å². The van der Waals surface area contributed by atoms with E-state index >= 15 is 0 Å². The van der Waals surface area contributed by atoms with E-state index in [1.165, 1.54) is 80.7 Å². The van der Waals surface area contributed by atoms with Crippen molar-refractivity contribution in [3.8, 4) is 33.4 Å². The molecule has 0 nitrogen and oxygen atoms in total. The van der Waals surface area contributed by atoms with Crippen LogP contribution in [0.4, 0.5) is 0 Å². The Labute approximate surface area is 309 Å². The molecule has 0 atom stereocenters. The molecule has 9 rings (SSSR count). The number of rotatable bonds is 5. The third-order valence-electron chi connectivity index (χ3n) is 10.8. The summed E-state index contributed by atoms with van der Waals surface area (Å²) >= 11 is 1.93. The van der Waals surface area contributed by atoms with E-state index in [9.17, 15) is 0 Å². The molecule has 0 unspecified atom stereocenters. The number of hydrogen-bond acceptors (Lipinski definition) is 1. The average molecular weight is 683 g/mol. The highest BCUT2D eigenvalue weighted by Crippen LogP contribution is 2.57. The van der Waals surface area contributed by atoms with Crippen LogP contribution in [-0.4, -0.2) is 0 Å². The Morgan fingerprint density at radius 1 is 0.577 bits per heavy atom. The van der Waals surface area contributed by atoms with Crippen LogP contribution in [0.3, 0.4) is 0 Å². The number of thiophene rings is 1. The fourth-order valence-corrected chi connectivity index (χ4v) is 9.61. The van der Waals surface area contributed by atoms with E-state index in [1.807, 2.05) is 23.5 Å². The highest BCUT2D eigenvalue weighted by molar-refractivity contribution is 7.26. The third kappa shape index (κ3) is 5.04. The van der Waals surface area contributed by atoms with Crippen LogP contribution in [0.1, 0.15) is 30.5 Å². The molecule has 0 aliphatic heterocycles. The molecule has 1 aromatic heterocycles. The summed E-state index contributed by atoms with van der Waals surface area (Å²) in [6.45, 7) is 12.9. The van der Waals surface area contributed by atoms with Gasteiger partial charge in [0.15, 0.2) is 0 Å². The van der Waals surface area contributed by atoms with Gasteiger partial charge in [-0.3, -0.25) is 0 Å². The topological polar surface area (TPSA) is 0 Å². The molecule has 0 bridgehead atoms. The van der Waals surface area contributed by atoms with Gasteiger partial charge in [-0.05, 0) is 83.9 Å². The molecule has 248 valence electrons. The Morgan fingerprint density at radius 2 is 1.15 bits per heavy atom. The summed E-state index contributed by atoms with van der Waals surface area (Å²) in [6, 6.07) is 55.8. The molecule has 8 aromatic rings. The Bertz CT molecular complexity index is 2840. The lowest BCUT2D eigenvalue weighted by molar-refractivity contribution is 0.667. The molecule has 1 heteroatoms. The summed E-state index contributed by atoms with van der Waals surface area (Å²) in [5.74, 6) is 0. The maximum Gasteiger partial charge on any atom is 0.0437 e. The van der Waals surface area contributed by atoms with Crippen LogP contribution in [0.5, 0.6) is 0 Å². The van der Waals surface area contributed by atoms with Gasteiger partial charge in [-0.1, -0.05) is 185 Å². The largest absolute Gasteiger partial charge is 0.135 e. The molecular weight excluding hydrogens is 645 g/mol. The van der Waals surface area contributed by atoms with Gasteiger partial charge in [0.25, 0.3) is 0 Å². The zero-order valence-electron chi connectivity index (χ0n) is 29.5. The fourth-order valence-electron chi connectivity index (χ4n) is 8.36. The minimum Gasteiger partial charge on any atom is -0.135 e. The van der Waals surface area contributed by atoms with Crippen LogP contribution < -0.4 is 0 Å². The van der Waals surface area contributed by atoms with Gasteiger partial charge in [0.05, 0.1) is 0 Å². The van der Waals surface area contributed by atoms with Gasteiger partial charge in [0.1, 0.15) is 0 Å². The predicted octanol–water partition coefficient (Wildman–Crippen LogP) is 14.9. The number of benzene rings is 6. The lowest BCUT2D eigenvalue weighted by Crippen LogP contribution is -2.15. The first-order valence-corrected chi connectivity index (χ1v) is 18.7. The van der Waals surface area contributed by atoms with Crippen molar-refractivity contribution in [3.63, 3.8) is 0 Å². The normalized spacial score (nSPS) is 13.0. The van der Waals surface area contributed by atoms with Gasteiger partial charge in [0, 0.05) is 31.0 Å². The summed E-state index contributed by atoms with van der Waals surface area (Å²) in [4.78, 5) is 0. The van der Waals surface area contributed by atoms with Gasteiger partial charge in [-0.2, -0.15) is 0 Å². The van der Waals surface area contributed by atoms with Crippen molar-refractivity contribution in [1.29, 1.82) is 0 Å². The van der Waals surface area contributed by atoms with Gasteiger partial charge < -0.3 is 0 Å². The summed E-state index contributed by atoms with van der Waals surface area (Å²) in [5, 5.41) is 7.85. The van der Waals surface area contributed by atoms with Gasteiger partial charge in [0.2, 0.25) is 0 Å². The van der Waals surface area contributed by atoms with Crippen LogP contribution in [0.25, 0.3) is 80.7 Å². The van der Waals surface area contributed by atoms with E-state index in [-0.39, 0.29) is 5.41 Å². The van der Waals surface area contributed by atoms with E-state index < -0.39 is 0 Å². The van der Waals surface area contributed by atoms with Crippen LogP contribution in [0.15, 0.2) is 183 Å². The van der Waals surface area contributed by atoms with E-state index in [0.717, 1.165) is 16.7 Å². The van der Waals surface area contributed by atoms with Crippen molar-refractivity contribution in [2.75, 3.05) is 0 Å². The van der Waals surface area contributed by atoms with Crippen molar-refractivity contribution >= 4 is 58.6 Å². The molecule has 0 spiro atoms. The molecular formula is C51H38S. The SMILES string of the molecule is C=C/C=C\C(=C)c1ccc(-c2ccccccc(-c3ccc4c(c3)-c3c(c5c6ccccc6sc5c5ccccc35)C4(C)C)c3ccccc23)cc1. The first-order valence-electron chi connectivity index (χ1n) is 17.9. The highest BCUT2D eigenvalue weighted by atomic mass is 32.1. The molecule has 0 saturated heterocycles. The first-order chi connectivity index (χ1) is 25.5. The van der Waals surface area contributed by atoms with Crippen molar-refractivity contribution in [2.45, 2.75) is 19.3 Å². The lowest BCUT2D eigenvalue weighted by atomic mass is 9.79.